The molecule has 0 spiro atoms. The fourth-order valence-electron chi connectivity index (χ4n) is 5.00. The number of nitrogens with zero attached hydrogens (tertiary/aromatic N) is 5. The minimum absolute atomic E-state index is 0.263. The molecular formula is C20H33N5O2S. The predicted molar refractivity (Wildman–Crippen MR) is 110 cm³/mol. The number of aromatic nitrogens is 3. The number of rotatable bonds is 7. The minimum Gasteiger partial charge on any atom is -0.378 e. The molecule has 156 valence electrons. The molecule has 0 amide bonds. The van der Waals surface area contributed by atoms with E-state index in [1.165, 1.54) is 38.5 Å². The van der Waals surface area contributed by atoms with Crippen LogP contribution in [0.1, 0.15) is 51.4 Å². The van der Waals surface area contributed by atoms with E-state index in [1.54, 1.807) is 0 Å². The van der Waals surface area contributed by atoms with Crippen LogP contribution in [0.15, 0.2) is 0 Å². The SMILES string of the molecule is S=c1n(CN(C2CCCC2)C2CC2)nc(N2CCOCC2)n1C[C@@H]1CCCO1. The zero-order valence-corrected chi connectivity index (χ0v) is 17.6. The van der Waals surface area contributed by atoms with Gasteiger partial charge in [0.05, 0.1) is 32.5 Å². The third kappa shape index (κ3) is 4.01. The molecule has 0 bridgehead atoms. The molecule has 5 rings (SSSR count). The van der Waals surface area contributed by atoms with Crippen LogP contribution < -0.4 is 4.90 Å². The molecule has 0 aromatic carbocycles. The smallest absolute Gasteiger partial charge is 0.226 e. The first-order valence-electron chi connectivity index (χ1n) is 11.2. The molecule has 0 radical (unpaired) electrons. The van der Waals surface area contributed by atoms with Crippen LogP contribution in [0, 0.1) is 4.77 Å². The number of morpholine rings is 1. The van der Waals surface area contributed by atoms with Gasteiger partial charge in [0.2, 0.25) is 10.7 Å². The first-order valence-corrected chi connectivity index (χ1v) is 11.6. The molecule has 1 aromatic rings. The number of hydrogen-bond acceptors (Lipinski definition) is 6. The molecule has 2 saturated heterocycles. The molecule has 0 unspecified atom stereocenters. The van der Waals surface area contributed by atoms with Gasteiger partial charge in [-0.25, -0.2) is 4.68 Å². The Bertz CT molecular complexity index is 713. The van der Waals surface area contributed by atoms with Crippen molar-refractivity contribution >= 4 is 18.2 Å². The van der Waals surface area contributed by atoms with E-state index in [2.05, 4.69) is 19.0 Å². The Hall–Kier alpha value is -0.960. The maximum absolute atomic E-state index is 5.94. The second-order valence-electron chi connectivity index (χ2n) is 8.75. The predicted octanol–water partition coefficient (Wildman–Crippen LogP) is 2.79. The van der Waals surface area contributed by atoms with Crippen LogP contribution in [-0.2, 0) is 22.7 Å². The summed E-state index contributed by atoms with van der Waals surface area (Å²) in [6.07, 6.45) is 10.6. The van der Waals surface area contributed by atoms with Gasteiger partial charge in [0.15, 0.2) is 0 Å². The second-order valence-corrected chi connectivity index (χ2v) is 9.12. The highest BCUT2D eigenvalue weighted by Crippen LogP contribution is 2.35. The quantitative estimate of drug-likeness (QED) is 0.648. The van der Waals surface area contributed by atoms with Crippen molar-refractivity contribution in [2.45, 2.75) is 82.8 Å². The van der Waals surface area contributed by atoms with Gasteiger partial charge in [-0.15, -0.1) is 5.10 Å². The van der Waals surface area contributed by atoms with E-state index in [9.17, 15) is 0 Å². The lowest BCUT2D eigenvalue weighted by Gasteiger charge is -2.28. The average Bonchev–Trinajstić information content (AvgIpc) is 3.10. The zero-order valence-electron chi connectivity index (χ0n) is 16.8. The van der Waals surface area contributed by atoms with Crippen molar-refractivity contribution < 1.29 is 9.47 Å². The van der Waals surface area contributed by atoms with Gasteiger partial charge in [0.25, 0.3) is 0 Å². The Morgan fingerprint density at radius 3 is 2.39 bits per heavy atom. The van der Waals surface area contributed by atoms with Crippen LogP contribution >= 0.6 is 12.2 Å². The molecule has 1 aromatic heterocycles. The van der Waals surface area contributed by atoms with Gasteiger partial charge in [0, 0.05) is 31.8 Å². The Kier molecular flexibility index (Phi) is 5.72. The van der Waals surface area contributed by atoms with Gasteiger partial charge in [-0.3, -0.25) is 9.47 Å². The van der Waals surface area contributed by atoms with Gasteiger partial charge in [-0.05, 0) is 50.7 Å². The van der Waals surface area contributed by atoms with Gasteiger partial charge >= 0.3 is 0 Å². The number of anilines is 1. The molecule has 28 heavy (non-hydrogen) atoms. The van der Waals surface area contributed by atoms with Crippen molar-refractivity contribution in [1.29, 1.82) is 0 Å². The van der Waals surface area contributed by atoms with Gasteiger partial charge in [-0.2, -0.15) is 0 Å². The van der Waals surface area contributed by atoms with E-state index >= 15 is 0 Å². The van der Waals surface area contributed by atoms with Gasteiger partial charge in [0.1, 0.15) is 0 Å². The Morgan fingerprint density at radius 1 is 0.964 bits per heavy atom. The van der Waals surface area contributed by atoms with Crippen molar-refractivity contribution in [2.24, 2.45) is 0 Å². The minimum atomic E-state index is 0.263. The van der Waals surface area contributed by atoms with Crippen LogP contribution in [-0.4, -0.2) is 70.3 Å². The Labute approximate surface area is 172 Å². The highest BCUT2D eigenvalue weighted by molar-refractivity contribution is 7.71. The third-order valence-corrected chi connectivity index (χ3v) is 7.15. The second kappa shape index (κ2) is 8.42. The monoisotopic (exact) mass is 407 g/mol. The van der Waals surface area contributed by atoms with Crippen molar-refractivity contribution in [3.63, 3.8) is 0 Å². The lowest BCUT2D eigenvalue weighted by Crippen LogP contribution is -2.38. The Balaban J connectivity index is 1.41. The van der Waals surface area contributed by atoms with E-state index in [4.69, 9.17) is 26.8 Å². The summed E-state index contributed by atoms with van der Waals surface area (Å²) in [5.41, 5.74) is 0. The summed E-state index contributed by atoms with van der Waals surface area (Å²) in [5, 5.41) is 5.05. The highest BCUT2D eigenvalue weighted by Gasteiger charge is 2.36. The first-order chi connectivity index (χ1) is 13.8. The topological polar surface area (TPSA) is 47.7 Å². The largest absolute Gasteiger partial charge is 0.378 e. The highest BCUT2D eigenvalue weighted by atomic mass is 32.1. The van der Waals surface area contributed by atoms with Crippen LogP contribution in [0.4, 0.5) is 5.95 Å². The summed E-state index contributed by atoms with van der Waals surface area (Å²) < 4.78 is 16.6. The lowest BCUT2D eigenvalue weighted by atomic mass is 10.2. The fourth-order valence-corrected chi connectivity index (χ4v) is 5.25. The molecule has 3 heterocycles. The van der Waals surface area contributed by atoms with Crippen molar-refractivity contribution in [1.82, 2.24) is 19.2 Å². The fraction of sp³-hybridized carbons (Fsp3) is 0.900. The van der Waals surface area contributed by atoms with Crippen molar-refractivity contribution in [2.75, 3.05) is 37.8 Å². The van der Waals surface area contributed by atoms with Crippen LogP contribution in [0.2, 0.25) is 0 Å². The standard InChI is InChI=1S/C20H33N5O2S/c28-20-23(14-18-6-3-11-27-18)19(22-9-12-26-13-10-22)21-25(20)15-24(17-7-8-17)16-4-1-2-5-16/h16-18H,1-15H2/t18-/m0/s1. The third-order valence-electron chi connectivity index (χ3n) is 6.71. The van der Waals surface area contributed by atoms with Gasteiger partial charge in [-0.1, -0.05) is 12.8 Å². The summed E-state index contributed by atoms with van der Waals surface area (Å²) in [7, 11) is 0. The van der Waals surface area contributed by atoms with E-state index in [0.717, 1.165) is 75.7 Å². The molecule has 4 fully saturated rings. The summed E-state index contributed by atoms with van der Waals surface area (Å²) in [6.45, 7) is 5.81. The summed E-state index contributed by atoms with van der Waals surface area (Å²) >= 11 is 5.94. The maximum Gasteiger partial charge on any atom is 0.226 e. The lowest BCUT2D eigenvalue weighted by molar-refractivity contribution is 0.0953. The molecule has 2 aliphatic heterocycles. The van der Waals surface area contributed by atoms with Crippen LogP contribution in [0.3, 0.4) is 0 Å². The summed E-state index contributed by atoms with van der Waals surface area (Å²) in [6, 6.07) is 1.45. The van der Waals surface area contributed by atoms with E-state index in [0.29, 0.717) is 6.04 Å². The Morgan fingerprint density at radius 2 is 1.71 bits per heavy atom. The number of ether oxygens (including phenoxy) is 2. The molecule has 0 N–H and O–H groups in total. The summed E-state index contributed by atoms with van der Waals surface area (Å²) in [5.74, 6) is 1.01. The van der Waals surface area contributed by atoms with Crippen LogP contribution in [0.5, 0.6) is 0 Å². The first kappa shape index (κ1) is 19.0. The van der Waals surface area contributed by atoms with Crippen molar-refractivity contribution in [3.8, 4) is 0 Å². The van der Waals surface area contributed by atoms with Gasteiger partial charge < -0.3 is 14.4 Å². The molecule has 7 nitrogen and oxygen atoms in total. The molecule has 2 aliphatic carbocycles. The average molecular weight is 408 g/mol. The molecule has 2 saturated carbocycles. The molecule has 4 aliphatic rings. The van der Waals surface area contributed by atoms with E-state index in [1.807, 2.05) is 0 Å². The molecule has 1 atom stereocenters. The number of hydrogen-bond donors (Lipinski definition) is 0. The molecule has 8 heteroatoms. The van der Waals surface area contributed by atoms with E-state index < -0.39 is 0 Å². The van der Waals surface area contributed by atoms with E-state index in [-0.39, 0.29) is 6.10 Å². The van der Waals surface area contributed by atoms with Crippen molar-refractivity contribution in [3.05, 3.63) is 4.77 Å². The molecular weight excluding hydrogens is 374 g/mol. The zero-order chi connectivity index (χ0) is 18.9. The summed E-state index contributed by atoms with van der Waals surface area (Å²) in [4.78, 5) is 5.02. The van der Waals surface area contributed by atoms with Crippen LogP contribution in [0.25, 0.3) is 0 Å². The maximum atomic E-state index is 5.94. The normalized spacial score (nSPS) is 26.6.